The van der Waals surface area contributed by atoms with Crippen LogP contribution in [-0.4, -0.2) is 19.2 Å². The van der Waals surface area contributed by atoms with Gasteiger partial charge in [-0.25, -0.2) is 13.1 Å². The predicted molar refractivity (Wildman–Crippen MR) is 122 cm³/mol. The van der Waals surface area contributed by atoms with Crippen molar-refractivity contribution in [3.63, 3.8) is 0 Å². The Labute approximate surface area is 197 Å². The number of halogens is 2. The van der Waals surface area contributed by atoms with Gasteiger partial charge in [0.1, 0.15) is 4.90 Å². The van der Waals surface area contributed by atoms with Gasteiger partial charge < -0.3 is 4.74 Å². The van der Waals surface area contributed by atoms with Gasteiger partial charge in [-0.15, -0.1) is 0 Å². The monoisotopic (exact) mass is 538 g/mol. The Balaban J connectivity index is 1.57. The third-order valence-corrected chi connectivity index (χ3v) is 6.85. The number of hydrogen-bond donors (Lipinski definition) is 1. The standard InChI is InChI=1S/C21H16BrClN2O6S/c22-19-11-17(23)7-10-20(19)32(29,30)24-21(26)16-5-1-14(2-6-16)12-31-13-15-3-8-18(9-4-15)25(27)28/h1-11H,12-13H2,(H,24,26). The molecule has 32 heavy (non-hydrogen) atoms. The summed E-state index contributed by atoms with van der Waals surface area (Å²) in [7, 11) is -4.09. The molecule has 0 heterocycles. The van der Waals surface area contributed by atoms with Crippen molar-refractivity contribution in [3.8, 4) is 0 Å². The summed E-state index contributed by atoms with van der Waals surface area (Å²) in [6.07, 6.45) is 0. The van der Waals surface area contributed by atoms with E-state index in [0.29, 0.717) is 5.02 Å². The van der Waals surface area contributed by atoms with Gasteiger partial charge in [-0.2, -0.15) is 0 Å². The molecule has 0 bridgehead atoms. The second-order valence-corrected chi connectivity index (χ2v) is 9.56. The lowest BCUT2D eigenvalue weighted by Crippen LogP contribution is -2.30. The SMILES string of the molecule is O=C(NS(=O)(=O)c1ccc(Cl)cc1Br)c1ccc(COCc2ccc([N+](=O)[O-])cc2)cc1. The molecule has 3 aromatic carbocycles. The Hall–Kier alpha value is -2.79. The number of sulfonamides is 1. The number of rotatable bonds is 8. The first-order valence-electron chi connectivity index (χ1n) is 9.08. The van der Waals surface area contributed by atoms with Gasteiger partial charge in [0.15, 0.2) is 0 Å². The number of non-ortho nitro benzene ring substituents is 1. The van der Waals surface area contributed by atoms with Crippen molar-refractivity contribution in [1.82, 2.24) is 4.72 Å². The first-order valence-corrected chi connectivity index (χ1v) is 11.7. The van der Waals surface area contributed by atoms with Crippen LogP contribution in [0.2, 0.25) is 5.02 Å². The van der Waals surface area contributed by atoms with E-state index in [2.05, 4.69) is 15.9 Å². The molecular weight excluding hydrogens is 524 g/mol. The maximum absolute atomic E-state index is 12.5. The van der Waals surface area contributed by atoms with E-state index in [1.165, 1.54) is 42.5 Å². The Kier molecular flexibility index (Phi) is 7.62. The molecule has 0 aliphatic heterocycles. The van der Waals surface area contributed by atoms with Crippen LogP contribution in [0.1, 0.15) is 21.5 Å². The lowest BCUT2D eigenvalue weighted by molar-refractivity contribution is -0.384. The van der Waals surface area contributed by atoms with Crippen molar-refractivity contribution in [2.75, 3.05) is 0 Å². The topological polar surface area (TPSA) is 116 Å². The van der Waals surface area contributed by atoms with E-state index in [0.717, 1.165) is 11.1 Å². The molecule has 166 valence electrons. The van der Waals surface area contributed by atoms with E-state index in [1.807, 2.05) is 4.72 Å². The fourth-order valence-electron chi connectivity index (χ4n) is 2.68. The van der Waals surface area contributed by atoms with E-state index in [9.17, 15) is 23.3 Å². The number of ether oxygens (including phenoxy) is 1. The van der Waals surface area contributed by atoms with Crippen LogP contribution in [-0.2, 0) is 28.0 Å². The molecule has 0 saturated heterocycles. The maximum Gasteiger partial charge on any atom is 0.269 e. The Bertz CT molecular complexity index is 1250. The first kappa shape index (κ1) is 23.9. The zero-order valence-corrected chi connectivity index (χ0v) is 19.5. The van der Waals surface area contributed by atoms with Gasteiger partial charge in [-0.3, -0.25) is 14.9 Å². The number of nitrogens with one attached hydrogen (secondary N) is 1. The summed E-state index contributed by atoms with van der Waals surface area (Å²) < 4.78 is 32.8. The molecule has 3 rings (SSSR count). The average Bonchev–Trinajstić information content (AvgIpc) is 2.74. The molecule has 0 spiro atoms. The molecule has 1 amide bonds. The minimum absolute atomic E-state index is 0.00745. The highest BCUT2D eigenvalue weighted by atomic mass is 79.9. The normalized spacial score (nSPS) is 11.2. The largest absolute Gasteiger partial charge is 0.372 e. The highest BCUT2D eigenvalue weighted by Gasteiger charge is 2.21. The summed E-state index contributed by atoms with van der Waals surface area (Å²) >= 11 is 8.96. The van der Waals surface area contributed by atoms with Crippen molar-refractivity contribution in [3.05, 3.63) is 103 Å². The van der Waals surface area contributed by atoms with E-state index in [-0.39, 0.29) is 33.8 Å². The molecular formula is C21H16BrClN2O6S. The fourth-order valence-corrected chi connectivity index (χ4v) is 5.04. The summed E-state index contributed by atoms with van der Waals surface area (Å²) in [6.45, 7) is 0.503. The first-order chi connectivity index (χ1) is 15.2. The number of nitro benzene ring substituents is 1. The van der Waals surface area contributed by atoms with Crippen LogP contribution in [0.5, 0.6) is 0 Å². The number of carbonyl (C=O) groups excluding carboxylic acids is 1. The van der Waals surface area contributed by atoms with Crippen LogP contribution >= 0.6 is 27.5 Å². The smallest absolute Gasteiger partial charge is 0.269 e. The lowest BCUT2D eigenvalue weighted by Gasteiger charge is -2.10. The zero-order chi connectivity index (χ0) is 23.3. The Morgan fingerprint density at radius 2 is 1.56 bits per heavy atom. The molecule has 0 aliphatic carbocycles. The van der Waals surface area contributed by atoms with Crippen LogP contribution in [0.25, 0.3) is 0 Å². The second kappa shape index (κ2) is 10.2. The summed E-state index contributed by atoms with van der Waals surface area (Å²) in [5.74, 6) is -0.773. The predicted octanol–water partition coefficient (Wildman–Crippen LogP) is 4.85. The molecule has 1 N–H and O–H groups in total. The summed E-state index contributed by atoms with van der Waals surface area (Å²) in [6, 6.07) is 16.5. The van der Waals surface area contributed by atoms with E-state index in [1.54, 1.807) is 24.3 Å². The lowest BCUT2D eigenvalue weighted by atomic mass is 10.1. The average molecular weight is 540 g/mol. The van der Waals surface area contributed by atoms with Crippen LogP contribution in [0.4, 0.5) is 5.69 Å². The van der Waals surface area contributed by atoms with Crippen LogP contribution < -0.4 is 4.72 Å². The quantitative estimate of drug-likeness (QED) is 0.323. The third kappa shape index (κ3) is 6.13. The highest BCUT2D eigenvalue weighted by molar-refractivity contribution is 9.10. The summed E-state index contributed by atoms with van der Waals surface area (Å²) in [5, 5.41) is 11.0. The summed E-state index contributed by atoms with van der Waals surface area (Å²) in [4.78, 5) is 22.5. The van der Waals surface area contributed by atoms with Crippen molar-refractivity contribution in [2.24, 2.45) is 0 Å². The molecule has 0 aromatic heterocycles. The molecule has 11 heteroatoms. The summed E-state index contributed by atoms with van der Waals surface area (Å²) in [5.41, 5.74) is 1.72. The number of carbonyl (C=O) groups is 1. The molecule has 0 radical (unpaired) electrons. The van der Waals surface area contributed by atoms with Gasteiger partial charge in [0.2, 0.25) is 0 Å². The van der Waals surface area contributed by atoms with Crippen LogP contribution in [0.3, 0.4) is 0 Å². The highest BCUT2D eigenvalue weighted by Crippen LogP contribution is 2.25. The fraction of sp³-hybridized carbons (Fsp3) is 0.0952. The van der Waals surface area contributed by atoms with Gasteiger partial charge in [0, 0.05) is 27.2 Å². The number of benzene rings is 3. The number of amides is 1. The molecule has 3 aromatic rings. The van der Waals surface area contributed by atoms with Gasteiger partial charge in [0.25, 0.3) is 21.6 Å². The van der Waals surface area contributed by atoms with Gasteiger partial charge in [-0.05, 0) is 69.5 Å². The zero-order valence-electron chi connectivity index (χ0n) is 16.3. The number of nitro groups is 1. The van der Waals surface area contributed by atoms with Crippen molar-refractivity contribution in [2.45, 2.75) is 18.1 Å². The second-order valence-electron chi connectivity index (χ2n) is 6.62. The van der Waals surface area contributed by atoms with Gasteiger partial charge in [0.05, 0.1) is 18.1 Å². The van der Waals surface area contributed by atoms with E-state index < -0.39 is 20.9 Å². The van der Waals surface area contributed by atoms with Gasteiger partial charge >= 0.3 is 0 Å². The molecule has 0 aliphatic rings. The van der Waals surface area contributed by atoms with Crippen LogP contribution in [0.15, 0.2) is 76.1 Å². The van der Waals surface area contributed by atoms with E-state index >= 15 is 0 Å². The molecule has 0 saturated carbocycles. The molecule has 8 nitrogen and oxygen atoms in total. The number of hydrogen-bond acceptors (Lipinski definition) is 6. The van der Waals surface area contributed by atoms with Crippen molar-refractivity contribution < 1.29 is 22.9 Å². The number of nitrogens with zero attached hydrogens (tertiary/aromatic N) is 1. The minimum Gasteiger partial charge on any atom is -0.372 e. The Morgan fingerprint density at radius 1 is 1.00 bits per heavy atom. The maximum atomic E-state index is 12.5. The van der Waals surface area contributed by atoms with Crippen molar-refractivity contribution in [1.29, 1.82) is 0 Å². The molecule has 0 atom stereocenters. The third-order valence-electron chi connectivity index (χ3n) is 4.31. The van der Waals surface area contributed by atoms with Gasteiger partial charge in [-0.1, -0.05) is 23.7 Å². The minimum atomic E-state index is -4.09. The molecule has 0 unspecified atom stereocenters. The molecule has 0 fully saturated rings. The van der Waals surface area contributed by atoms with Crippen molar-refractivity contribution >= 4 is 49.1 Å². The van der Waals surface area contributed by atoms with E-state index in [4.69, 9.17) is 16.3 Å². The van der Waals surface area contributed by atoms with Crippen LogP contribution in [0, 0.1) is 10.1 Å². The Morgan fingerprint density at radius 3 is 2.09 bits per heavy atom.